The molecular formula is C18H24ClNO4. The van der Waals surface area contributed by atoms with Crippen LogP contribution in [0.15, 0.2) is 18.2 Å². The maximum Gasteiger partial charge on any atom is 0.328 e. The molecular weight excluding hydrogens is 330 g/mol. The Kier molecular flexibility index (Phi) is 6.91. The molecule has 0 saturated heterocycles. The summed E-state index contributed by atoms with van der Waals surface area (Å²) in [6.45, 7) is 0. The summed E-state index contributed by atoms with van der Waals surface area (Å²) in [4.78, 5) is 24.5. The van der Waals surface area contributed by atoms with Gasteiger partial charge in [0, 0.05) is 12.3 Å². The highest BCUT2D eigenvalue weighted by molar-refractivity contribution is 6.32. The average molecular weight is 354 g/mol. The van der Waals surface area contributed by atoms with Crippen molar-refractivity contribution in [3.63, 3.8) is 0 Å². The monoisotopic (exact) mass is 353 g/mol. The molecule has 132 valence electrons. The largest absolute Gasteiger partial charge is 0.495 e. The smallest absolute Gasteiger partial charge is 0.328 e. The summed E-state index contributed by atoms with van der Waals surface area (Å²) in [6.07, 6.45) is 5.40. The Balaban J connectivity index is 2.06. The normalized spacial score (nSPS) is 16.3. The van der Waals surface area contributed by atoms with Crippen LogP contribution in [-0.4, -0.2) is 32.1 Å². The number of halogens is 1. The Hall–Kier alpha value is -1.75. The fourth-order valence-electron chi connectivity index (χ4n) is 3.06. The van der Waals surface area contributed by atoms with E-state index in [1.807, 2.05) is 6.07 Å². The van der Waals surface area contributed by atoms with E-state index in [2.05, 4.69) is 5.32 Å². The lowest BCUT2D eigenvalue weighted by atomic mass is 9.88. The Morgan fingerprint density at radius 1 is 1.25 bits per heavy atom. The first-order valence-corrected chi connectivity index (χ1v) is 8.63. The summed E-state index contributed by atoms with van der Waals surface area (Å²) in [5.41, 5.74) is 0.833. The highest BCUT2D eigenvalue weighted by Gasteiger charge is 2.27. The molecule has 1 aromatic carbocycles. The zero-order valence-corrected chi connectivity index (χ0v) is 14.9. The number of amides is 1. The standard InChI is InChI=1S/C18H24ClNO4/c1-23-16-9-8-12(10-14(16)19)11-15(18(22)24-2)20-17(21)13-6-4-3-5-7-13/h8-10,13,15H,3-7,11H2,1-2H3,(H,20,21)/t15-/m0/s1. The summed E-state index contributed by atoms with van der Waals surface area (Å²) in [7, 11) is 2.87. The number of hydrogen-bond donors (Lipinski definition) is 1. The van der Waals surface area contributed by atoms with Gasteiger partial charge in [0.05, 0.1) is 19.2 Å². The lowest BCUT2D eigenvalue weighted by Gasteiger charge is -2.24. The van der Waals surface area contributed by atoms with Gasteiger partial charge in [0.2, 0.25) is 5.91 Å². The molecule has 0 spiro atoms. The van der Waals surface area contributed by atoms with E-state index in [0.717, 1.165) is 31.2 Å². The van der Waals surface area contributed by atoms with E-state index in [1.165, 1.54) is 13.5 Å². The molecule has 24 heavy (non-hydrogen) atoms. The van der Waals surface area contributed by atoms with Gasteiger partial charge in [-0.1, -0.05) is 36.9 Å². The van der Waals surface area contributed by atoms with Crippen molar-refractivity contribution >= 4 is 23.5 Å². The van der Waals surface area contributed by atoms with Gasteiger partial charge in [-0.2, -0.15) is 0 Å². The van der Waals surface area contributed by atoms with E-state index in [0.29, 0.717) is 17.2 Å². The van der Waals surface area contributed by atoms with Crippen molar-refractivity contribution in [3.8, 4) is 5.75 Å². The molecule has 0 bridgehead atoms. The zero-order valence-electron chi connectivity index (χ0n) is 14.1. The van der Waals surface area contributed by atoms with E-state index in [1.54, 1.807) is 19.2 Å². The number of carbonyl (C=O) groups excluding carboxylic acids is 2. The molecule has 1 fully saturated rings. The lowest BCUT2D eigenvalue weighted by molar-refractivity contribution is -0.145. The van der Waals surface area contributed by atoms with Crippen LogP contribution in [0.5, 0.6) is 5.75 Å². The van der Waals surface area contributed by atoms with E-state index < -0.39 is 12.0 Å². The topological polar surface area (TPSA) is 64.6 Å². The molecule has 1 amide bonds. The number of ether oxygens (including phenoxy) is 2. The molecule has 6 heteroatoms. The van der Waals surface area contributed by atoms with Crippen molar-refractivity contribution in [2.24, 2.45) is 5.92 Å². The van der Waals surface area contributed by atoms with Crippen LogP contribution in [0.4, 0.5) is 0 Å². The number of nitrogens with one attached hydrogen (secondary N) is 1. The van der Waals surface area contributed by atoms with Gasteiger partial charge in [-0.05, 0) is 30.5 Å². The first-order valence-electron chi connectivity index (χ1n) is 8.25. The molecule has 1 aliphatic carbocycles. The number of benzene rings is 1. The molecule has 1 aromatic rings. The van der Waals surface area contributed by atoms with Crippen molar-refractivity contribution < 1.29 is 19.1 Å². The SMILES string of the molecule is COC(=O)[C@H](Cc1ccc(OC)c(Cl)c1)NC(=O)C1CCCCC1. The average Bonchev–Trinajstić information content (AvgIpc) is 2.61. The second kappa shape index (κ2) is 8.92. The van der Waals surface area contributed by atoms with E-state index >= 15 is 0 Å². The highest BCUT2D eigenvalue weighted by Crippen LogP contribution is 2.26. The second-order valence-electron chi connectivity index (χ2n) is 6.09. The quantitative estimate of drug-likeness (QED) is 0.798. The third-order valence-electron chi connectivity index (χ3n) is 4.43. The predicted octanol–water partition coefficient (Wildman–Crippen LogP) is 3.13. The van der Waals surface area contributed by atoms with Crippen molar-refractivity contribution in [2.45, 2.75) is 44.6 Å². The van der Waals surface area contributed by atoms with Gasteiger partial charge in [0.25, 0.3) is 0 Å². The maximum atomic E-state index is 12.4. The molecule has 0 radical (unpaired) electrons. The summed E-state index contributed by atoms with van der Waals surface area (Å²) in [5.74, 6) is 0.0439. The molecule has 1 aliphatic rings. The predicted molar refractivity (Wildman–Crippen MR) is 92.2 cm³/mol. The third-order valence-corrected chi connectivity index (χ3v) is 4.73. The van der Waals surface area contributed by atoms with Gasteiger partial charge in [0.15, 0.2) is 0 Å². The Morgan fingerprint density at radius 2 is 1.96 bits per heavy atom. The summed E-state index contributed by atoms with van der Waals surface area (Å²) < 4.78 is 9.96. The minimum Gasteiger partial charge on any atom is -0.495 e. The molecule has 0 unspecified atom stereocenters. The molecule has 0 aliphatic heterocycles. The van der Waals surface area contributed by atoms with Gasteiger partial charge in [-0.15, -0.1) is 0 Å². The Labute approximate surface area is 147 Å². The summed E-state index contributed by atoms with van der Waals surface area (Å²) in [5, 5.41) is 3.32. The first kappa shape index (κ1) is 18.6. The van der Waals surface area contributed by atoms with Crippen LogP contribution < -0.4 is 10.1 Å². The van der Waals surface area contributed by atoms with Crippen LogP contribution in [0.25, 0.3) is 0 Å². The van der Waals surface area contributed by atoms with Gasteiger partial charge in [-0.3, -0.25) is 4.79 Å². The molecule has 1 N–H and O–H groups in total. The third kappa shape index (κ3) is 4.87. The van der Waals surface area contributed by atoms with Crippen molar-refractivity contribution in [3.05, 3.63) is 28.8 Å². The molecule has 0 heterocycles. The molecule has 2 rings (SSSR count). The van der Waals surface area contributed by atoms with E-state index in [-0.39, 0.29) is 11.8 Å². The van der Waals surface area contributed by atoms with Crippen LogP contribution >= 0.6 is 11.6 Å². The molecule has 5 nitrogen and oxygen atoms in total. The minimum atomic E-state index is -0.714. The Morgan fingerprint density at radius 3 is 2.54 bits per heavy atom. The fourth-order valence-corrected chi connectivity index (χ4v) is 3.34. The van der Waals surface area contributed by atoms with Gasteiger partial charge in [-0.25, -0.2) is 4.79 Å². The van der Waals surface area contributed by atoms with Crippen molar-refractivity contribution in [2.75, 3.05) is 14.2 Å². The van der Waals surface area contributed by atoms with Gasteiger partial charge in [0.1, 0.15) is 11.8 Å². The first-order chi connectivity index (χ1) is 11.5. The maximum absolute atomic E-state index is 12.4. The minimum absolute atomic E-state index is 0.00892. The molecule has 0 aromatic heterocycles. The lowest BCUT2D eigenvalue weighted by Crippen LogP contribution is -2.45. The number of carbonyl (C=O) groups is 2. The summed E-state index contributed by atoms with van der Waals surface area (Å²) >= 11 is 6.13. The number of hydrogen-bond acceptors (Lipinski definition) is 4. The number of methoxy groups -OCH3 is 2. The Bertz CT molecular complexity index is 584. The fraction of sp³-hybridized carbons (Fsp3) is 0.556. The molecule has 1 saturated carbocycles. The number of rotatable bonds is 6. The van der Waals surface area contributed by atoms with E-state index in [9.17, 15) is 9.59 Å². The number of esters is 1. The van der Waals surface area contributed by atoms with Crippen LogP contribution in [0.3, 0.4) is 0 Å². The second-order valence-corrected chi connectivity index (χ2v) is 6.50. The van der Waals surface area contributed by atoms with Crippen LogP contribution in [0, 0.1) is 5.92 Å². The summed E-state index contributed by atoms with van der Waals surface area (Å²) in [6, 6.07) is 4.60. The van der Waals surface area contributed by atoms with Crippen LogP contribution in [-0.2, 0) is 20.7 Å². The van der Waals surface area contributed by atoms with Crippen molar-refractivity contribution in [1.29, 1.82) is 0 Å². The van der Waals surface area contributed by atoms with Gasteiger partial charge >= 0.3 is 5.97 Å². The van der Waals surface area contributed by atoms with E-state index in [4.69, 9.17) is 21.1 Å². The van der Waals surface area contributed by atoms with Crippen molar-refractivity contribution in [1.82, 2.24) is 5.32 Å². The molecule has 1 atom stereocenters. The highest BCUT2D eigenvalue weighted by atomic mass is 35.5. The zero-order chi connectivity index (χ0) is 17.5. The van der Waals surface area contributed by atoms with Crippen LogP contribution in [0.2, 0.25) is 5.02 Å². The van der Waals surface area contributed by atoms with Gasteiger partial charge < -0.3 is 14.8 Å². The van der Waals surface area contributed by atoms with Crippen LogP contribution in [0.1, 0.15) is 37.7 Å².